The van der Waals surface area contributed by atoms with Gasteiger partial charge in [-0.3, -0.25) is 4.79 Å². The molecule has 31 heavy (non-hydrogen) atoms. The summed E-state index contributed by atoms with van der Waals surface area (Å²) in [7, 11) is -3.53. The number of benzene rings is 2. The lowest BCUT2D eigenvalue weighted by molar-refractivity contribution is -0.131. The van der Waals surface area contributed by atoms with Gasteiger partial charge in [0.25, 0.3) is 0 Å². The number of aromatic nitrogens is 1. The summed E-state index contributed by atoms with van der Waals surface area (Å²) in [5.41, 5.74) is 0.796. The van der Waals surface area contributed by atoms with Gasteiger partial charge in [-0.25, -0.2) is 17.8 Å². The normalized spacial score (nSPS) is 14.9. The van der Waals surface area contributed by atoms with E-state index < -0.39 is 15.7 Å². The summed E-state index contributed by atoms with van der Waals surface area (Å²) in [4.78, 5) is 21.1. The molecule has 0 spiro atoms. The lowest BCUT2D eigenvalue weighted by Crippen LogP contribution is -2.48. The first-order chi connectivity index (χ1) is 14.8. The van der Waals surface area contributed by atoms with Gasteiger partial charge in [-0.15, -0.1) is 0 Å². The van der Waals surface area contributed by atoms with Crippen LogP contribution < -0.4 is 4.90 Å². The smallest absolute Gasteiger partial charge is 0.222 e. The number of para-hydroxylation sites is 1. The van der Waals surface area contributed by atoms with Crippen molar-refractivity contribution in [2.24, 2.45) is 0 Å². The van der Waals surface area contributed by atoms with Crippen LogP contribution in [0.3, 0.4) is 0 Å². The van der Waals surface area contributed by atoms with E-state index in [9.17, 15) is 17.6 Å². The van der Waals surface area contributed by atoms with E-state index in [1.54, 1.807) is 16.2 Å². The van der Waals surface area contributed by atoms with Gasteiger partial charge in [0.1, 0.15) is 11.3 Å². The average Bonchev–Trinajstić information content (AvgIpc) is 3.20. The lowest BCUT2D eigenvalue weighted by atomic mass is 10.2. The zero-order valence-corrected chi connectivity index (χ0v) is 19.0. The third-order valence-electron chi connectivity index (χ3n) is 5.24. The van der Waals surface area contributed by atoms with Crippen LogP contribution in [0.25, 0.3) is 10.2 Å². The number of carbonyl (C=O) groups is 1. The Hall–Kier alpha value is -2.23. The van der Waals surface area contributed by atoms with Crippen LogP contribution in [-0.2, 0) is 14.6 Å². The predicted molar refractivity (Wildman–Crippen MR) is 121 cm³/mol. The van der Waals surface area contributed by atoms with Crippen molar-refractivity contribution >= 4 is 54.0 Å². The molecule has 0 radical (unpaired) electrons. The second-order valence-corrected chi connectivity index (χ2v) is 10.9. The summed E-state index contributed by atoms with van der Waals surface area (Å²) in [5, 5.41) is 1.52. The molecule has 1 aromatic heterocycles. The zero-order valence-electron chi connectivity index (χ0n) is 16.6. The number of nitrogens with zero attached hydrogens (tertiary/aromatic N) is 3. The number of hydrogen-bond donors (Lipinski definition) is 0. The van der Waals surface area contributed by atoms with Gasteiger partial charge in [-0.1, -0.05) is 29.0 Å². The fourth-order valence-corrected chi connectivity index (χ4v) is 6.14. The summed E-state index contributed by atoms with van der Waals surface area (Å²) in [6.45, 7) is 2.45. The molecule has 0 atom stereocenters. The van der Waals surface area contributed by atoms with Crippen LogP contribution in [0.2, 0.25) is 5.02 Å². The molecule has 0 aliphatic carbocycles. The molecule has 0 saturated carbocycles. The number of piperazine rings is 1. The minimum atomic E-state index is -3.53. The Balaban J connectivity index is 1.28. The highest BCUT2D eigenvalue weighted by molar-refractivity contribution is 7.91. The van der Waals surface area contributed by atoms with E-state index >= 15 is 0 Å². The van der Waals surface area contributed by atoms with Crippen LogP contribution in [0.1, 0.15) is 12.8 Å². The minimum absolute atomic E-state index is 0.0544. The summed E-state index contributed by atoms with van der Waals surface area (Å²) >= 11 is 7.79. The van der Waals surface area contributed by atoms with E-state index in [1.807, 2.05) is 18.2 Å². The number of amides is 1. The fraction of sp³-hybridized carbons (Fsp3) is 0.333. The van der Waals surface area contributed by atoms with E-state index in [2.05, 4.69) is 9.88 Å². The van der Waals surface area contributed by atoms with Crippen LogP contribution >= 0.6 is 22.9 Å². The highest BCUT2D eigenvalue weighted by Gasteiger charge is 2.24. The molecule has 1 amide bonds. The number of hydrogen-bond acceptors (Lipinski definition) is 6. The molecule has 1 saturated heterocycles. The van der Waals surface area contributed by atoms with Crippen LogP contribution in [0, 0.1) is 5.82 Å². The first-order valence-electron chi connectivity index (χ1n) is 9.89. The van der Waals surface area contributed by atoms with Crippen molar-refractivity contribution in [3.63, 3.8) is 0 Å². The SMILES string of the molecule is O=C(CCCS(=O)(=O)c1ccc(F)cc1)N1CCN(c2nc3c(Cl)cccc3s2)CC1. The Morgan fingerprint density at radius 2 is 1.81 bits per heavy atom. The molecule has 2 aromatic carbocycles. The molecule has 0 unspecified atom stereocenters. The molecule has 164 valence electrons. The largest absolute Gasteiger partial charge is 0.345 e. The van der Waals surface area contributed by atoms with Crippen LogP contribution in [0.15, 0.2) is 47.4 Å². The van der Waals surface area contributed by atoms with Crippen LogP contribution in [-0.4, -0.2) is 56.1 Å². The third kappa shape index (κ3) is 4.99. The Morgan fingerprint density at radius 1 is 1.10 bits per heavy atom. The van der Waals surface area contributed by atoms with E-state index in [0.29, 0.717) is 31.2 Å². The number of anilines is 1. The quantitative estimate of drug-likeness (QED) is 0.498. The summed E-state index contributed by atoms with van der Waals surface area (Å²) < 4.78 is 38.7. The van der Waals surface area contributed by atoms with Crippen LogP contribution in [0.5, 0.6) is 0 Å². The highest BCUT2D eigenvalue weighted by Crippen LogP contribution is 2.33. The standard InChI is InChI=1S/C21H21ClFN3O3S2/c22-17-3-1-4-18-20(17)24-21(30-18)26-12-10-25(11-13-26)19(27)5-2-14-31(28,29)16-8-6-15(23)7-9-16/h1,3-4,6-9H,2,5,10-14H2. The monoisotopic (exact) mass is 481 g/mol. The molecule has 1 aliphatic heterocycles. The van der Waals surface area contributed by atoms with Crippen molar-refractivity contribution in [3.05, 3.63) is 53.3 Å². The van der Waals surface area contributed by atoms with Crippen molar-refractivity contribution in [2.45, 2.75) is 17.7 Å². The maximum absolute atomic E-state index is 13.0. The number of carbonyl (C=O) groups excluding carboxylic acids is 1. The highest BCUT2D eigenvalue weighted by atomic mass is 35.5. The molecule has 0 N–H and O–H groups in total. The molecular formula is C21H21ClFN3O3S2. The van der Waals surface area contributed by atoms with E-state index in [0.717, 1.165) is 27.5 Å². The summed E-state index contributed by atoms with van der Waals surface area (Å²) in [6.07, 6.45) is 0.395. The fourth-order valence-electron chi connectivity index (χ4n) is 3.52. The van der Waals surface area contributed by atoms with Gasteiger partial charge in [0, 0.05) is 32.6 Å². The second kappa shape index (κ2) is 9.10. The molecule has 6 nitrogen and oxygen atoms in total. The van der Waals surface area contributed by atoms with Gasteiger partial charge >= 0.3 is 0 Å². The number of rotatable bonds is 6. The first-order valence-corrected chi connectivity index (χ1v) is 12.7. The molecule has 1 aliphatic rings. The van der Waals surface area contributed by atoms with Gasteiger partial charge in [0.15, 0.2) is 15.0 Å². The van der Waals surface area contributed by atoms with Crippen molar-refractivity contribution in [2.75, 3.05) is 36.8 Å². The minimum Gasteiger partial charge on any atom is -0.345 e. The maximum atomic E-state index is 13.0. The third-order valence-corrected chi connectivity index (χ3v) is 8.44. The number of fused-ring (bicyclic) bond motifs is 1. The van der Waals surface area contributed by atoms with Gasteiger partial charge in [-0.05, 0) is 42.8 Å². The zero-order chi connectivity index (χ0) is 22.0. The predicted octanol–water partition coefficient (Wildman–Crippen LogP) is 3.99. The summed E-state index contributed by atoms with van der Waals surface area (Å²) in [5.74, 6) is -0.680. The molecule has 4 rings (SSSR count). The van der Waals surface area contributed by atoms with E-state index in [1.165, 1.54) is 12.1 Å². The van der Waals surface area contributed by atoms with E-state index in [4.69, 9.17) is 11.6 Å². The van der Waals surface area contributed by atoms with Gasteiger partial charge in [-0.2, -0.15) is 0 Å². The van der Waals surface area contributed by atoms with Crippen molar-refractivity contribution in [1.82, 2.24) is 9.88 Å². The Bertz CT molecular complexity index is 1190. The van der Waals surface area contributed by atoms with Gasteiger partial charge < -0.3 is 9.80 Å². The van der Waals surface area contributed by atoms with E-state index in [-0.39, 0.29) is 29.4 Å². The Labute approximate surface area is 189 Å². The molecule has 10 heteroatoms. The number of halogens is 2. The molecule has 1 fully saturated rings. The molecule has 0 bridgehead atoms. The van der Waals surface area contributed by atoms with Crippen molar-refractivity contribution in [3.8, 4) is 0 Å². The molecule has 2 heterocycles. The first kappa shape index (κ1) is 22.0. The lowest BCUT2D eigenvalue weighted by Gasteiger charge is -2.34. The number of thiazole rings is 1. The van der Waals surface area contributed by atoms with Crippen molar-refractivity contribution in [1.29, 1.82) is 0 Å². The second-order valence-electron chi connectivity index (χ2n) is 7.33. The molecule has 3 aromatic rings. The average molecular weight is 482 g/mol. The molecular weight excluding hydrogens is 461 g/mol. The van der Waals surface area contributed by atoms with Crippen LogP contribution in [0.4, 0.5) is 9.52 Å². The maximum Gasteiger partial charge on any atom is 0.222 e. The van der Waals surface area contributed by atoms with Gasteiger partial charge in [0.2, 0.25) is 5.91 Å². The van der Waals surface area contributed by atoms with Gasteiger partial charge in [0.05, 0.1) is 20.4 Å². The topological polar surface area (TPSA) is 70.6 Å². The Morgan fingerprint density at radius 3 is 2.48 bits per heavy atom. The van der Waals surface area contributed by atoms with Crippen molar-refractivity contribution < 1.29 is 17.6 Å². The Kier molecular flexibility index (Phi) is 6.45. The number of sulfone groups is 1. The summed E-state index contributed by atoms with van der Waals surface area (Å²) in [6, 6.07) is 10.5.